The molecular weight excluding hydrogens is 340 g/mol. The normalized spacial score (nSPS) is 15.0. The van der Waals surface area contributed by atoms with Crippen molar-refractivity contribution in [3.05, 3.63) is 66.1 Å². The number of ether oxygens (including phenoxy) is 1. The lowest BCUT2D eigenvalue weighted by molar-refractivity contribution is 0.0702. The molecule has 0 radical (unpaired) electrons. The minimum Gasteiger partial charge on any atom is -0.487 e. The molecule has 1 N–H and O–H groups in total. The van der Waals surface area contributed by atoms with Gasteiger partial charge in [0.2, 0.25) is 0 Å². The van der Waals surface area contributed by atoms with Crippen LogP contribution in [0, 0.1) is 0 Å². The number of hydrogen-bond donors (Lipinski definition) is 1. The van der Waals surface area contributed by atoms with E-state index in [-0.39, 0.29) is 5.91 Å². The number of rotatable bonds is 5. The van der Waals surface area contributed by atoms with Crippen LogP contribution in [0.2, 0.25) is 0 Å². The van der Waals surface area contributed by atoms with Crippen molar-refractivity contribution in [2.45, 2.75) is 25.5 Å². The summed E-state index contributed by atoms with van der Waals surface area (Å²) in [7, 11) is 1.89. The van der Waals surface area contributed by atoms with Gasteiger partial charge < -0.3 is 19.4 Å². The largest absolute Gasteiger partial charge is 0.487 e. The molecule has 6 heteroatoms. The van der Waals surface area contributed by atoms with Crippen LogP contribution in [0.15, 0.2) is 54.9 Å². The highest BCUT2D eigenvalue weighted by Gasteiger charge is 2.23. The van der Waals surface area contributed by atoms with Crippen LogP contribution in [0.3, 0.4) is 0 Å². The van der Waals surface area contributed by atoms with E-state index in [0.717, 1.165) is 37.3 Å². The Morgan fingerprint density at radius 3 is 2.93 bits per heavy atom. The number of imidazole rings is 1. The zero-order valence-corrected chi connectivity index (χ0v) is 15.5. The molecule has 0 saturated carbocycles. The Hall–Kier alpha value is -2.86. The molecule has 1 aliphatic heterocycles. The number of carbonyl (C=O) groups excluding carboxylic acids is 1. The molecule has 4 rings (SSSR count). The van der Waals surface area contributed by atoms with E-state index >= 15 is 0 Å². The smallest absolute Gasteiger partial charge is 0.253 e. The van der Waals surface area contributed by atoms with E-state index < -0.39 is 0 Å². The molecule has 0 unspecified atom stereocenters. The molecule has 1 aliphatic rings. The summed E-state index contributed by atoms with van der Waals surface area (Å²) in [5.74, 6) is 0.719. The monoisotopic (exact) mass is 364 g/mol. The van der Waals surface area contributed by atoms with Crippen LogP contribution < -0.4 is 10.1 Å². The fourth-order valence-corrected chi connectivity index (χ4v) is 3.50. The summed E-state index contributed by atoms with van der Waals surface area (Å²) in [6.45, 7) is 2.29. The third-order valence-corrected chi connectivity index (χ3v) is 5.06. The molecule has 0 atom stereocenters. The average Bonchev–Trinajstić information content (AvgIpc) is 3.15. The third kappa shape index (κ3) is 3.95. The molecule has 1 amide bonds. The first-order chi connectivity index (χ1) is 13.2. The van der Waals surface area contributed by atoms with Crippen molar-refractivity contribution in [2.24, 2.45) is 0 Å². The number of amides is 1. The summed E-state index contributed by atoms with van der Waals surface area (Å²) in [5.41, 5.74) is 2.40. The van der Waals surface area contributed by atoms with Crippen LogP contribution in [0.1, 0.15) is 28.9 Å². The number of aromatic nitrogens is 2. The van der Waals surface area contributed by atoms with E-state index in [2.05, 4.69) is 10.3 Å². The lowest BCUT2D eigenvalue weighted by Crippen LogP contribution is -2.43. The van der Waals surface area contributed by atoms with Gasteiger partial charge in [-0.15, -0.1) is 0 Å². The van der Waals surface area contributed by atoms with Crippen molar-refractivity contribution in [3.8, 4) is 5.75 Å². The number of pyridine rings is 1. The van der Waals surface area contributed by atoms with Crippen molar-refractivity contribution in [3.63, 3.8) is 0 Å². The quantitative estimate of drug-likeness (QED) is 0.756. The van der Waals surface area contributed by atoms with Gasteiger partial charge in [-0.3, -0.25) is 4.79 Å². The summed E-state index contributed by atoms with van der Waals surface area (Å²) in [6.07, 6.45) is 5.90. The van der Waals surface area contributed by atoms with Gasteiger partial charge in [-0.25, -0.2) is 4.98 Å². The number of nitrogens with one attached hydrogen (secondary N) is 1. The fraction of sp³-hybridized carbons (Fsp3) is 0.333. The molecule has 0 bridgehead atoms. The van der Waals surface area contributed by atoms with Gasteiger partial charge in [-0.2, -0.15) is 0 Å². The highest BCUT2D eigenvalue weighted by molar-refractivity contribution is 5.94. The Kier molecular flexibility index (Phi) is 5.07. The summed E-state index contributed by atoms with van der Waals surface area (Å²) in [6, 6.07) is 13.6. The van der Waals surface area contributed by atoms with Crippen molar-refractivity contribution in [2.75, 3.05) is 20.1 Å². The molecule has 27 heavy (non-hydrogen) atoms. The maximum absolute atomic E-state index is 12.8. The Labute approximate surface area is 158 Å². The number of hydrogen-bond acceptors (Lipinski definition) is 4. The SMILES string of the molecule is CN(C(=O)c1cccc(OCc2cn3ccccc3n2)c1)C1CCNCC1. The van der Waals surface area contributed by atoms with Gasteiger partial charge in [0.1, 0.15) is 18.0 Å². The second-order valence-electron chi connectivity index (χ2n) is 6.91. The van der Waals surface area contributed by atoms with Gasteiger partial charge in [0, 0.05) is 31.0 Å². The van der Waals surface area contributed by atoms with Crippen LogP contribution in [-0.2, 0) is 6.61 Å². The molecule has 3 aromatic rings. The van der Waals surface area contributed by atoms with Crippen molar-refractivity contribution < 1.29 is 9.53 Å². The second-order valence-corrected chi connectivity index (χ2v) is 6.91. The number of nitrogens with zero attached hydrogens (tertiary/aromatic N) is 3. The Bertz CT molecular complexity index is 898. The molecule has 2 aromatic heterocycles. The van der Waals surface area contributed by atoms with Crippen LogP contribution in [0.25, 0.3) is 5.65 Å². The van der Waals surface area contributed by atoms with Gasteiger partial charge in [0.25, 0.3) is 5.91 Å². The van der Waals surface area contributed by atoms with Crippen LogP contribution in [0.5, 0.6) is 5.75 Å². The van der Waals surface area contributed by atoms with Gasteiger partial charge in [0.15, 0.2) is 0 Å². The molecule has 1 aromatic carbocycles. The lowest BCUT2D eigenvalue weighted by Gasteiger charge is -2.31. The molecule has 1 fully saturated rings. The van der Waals surface area contributed by atoms with Crippen molar-refractivity contribution >= 4 is 11.6 Å². The zero-order valence-electron chi connectivity index (χ0n) is 15.5. The highest BCUT2D eigenvalue weighted by Crippen LogP contribution is 2.19. The van der Waals surface area contributed by atoms with E-state index in [1.165, 1.54) is 0 Å². The second kappa shape index (κ2) is 7.80. The predicted octanol–water partition coefficient (Wildman–Crippen LogP) is 2.74. The summed E-state index contributed by atoms with van der Waals surface area (Å²) in [5, 5.41) is 3.33. The number of piperidine rings is 1. The first-order valence-corrected chi connectivity index (χ1v) is 9.34. The summed E-state index contributed by atoms with van der Waals surface area (Å²) in [4.78, 5) is 19.2. The molecular formula is C21H24N4O2. The van der Waals surface area contributed by atoms with Crippen molar-refractivity contribution in [1.29, 1.82) is 0 Å². The first-order valence-electron chi connectivity index (χ1n) is 9.34. The van der Waals surface area contributed by atoms with E-state index in [0.29, 0.717) is 24.0 Å². The van der Waals surface area contributed by atoms with Gasteiger partial charge in [-0.1, -0.05) is 12.1 Å². The predicted molar refractivity (Wildman–Crippen MR) is 104 cm³/mol. The fourth-order valence-electron chi connectivity index (χ4n) is 3.50. The van der Waals surface area contributed by atoms with Gasteiger partial charge in [0.05, 0.1) is 5.69 Å². The average molecular weight is 364 g/mol. The highest BCUT2D eigenvalue weighted by atomic mass is 16.5. The first kappa shape index (κ1) is 17.5. The van der Waals surface area contributed by atoms with Crippen molar-refractivity contribution in [1.82, 2.24) is 19.6 Å². The van der Waals surface area contributed by atoms with E-state index in [4.69, 9.17) is 4.74 Å². The van der Waals surface area contributed by atoms with Gasteiger partial charge >= 0.3 is 0 Å². The molecule has 0 spiro atoms. The standard InChI is InChI=1S/C21H24N4O2/c1-24(18-8-10-22-11-9-18)21(26)16-5-4-6-19(13-16)27-15-17-14-25-12-3-2-7-20(25)23-17/h2-7,12-14,18,22H,8-11,15H2,1H3. The molecule has 0 aliphatic carbocycles. The summed E-state index contributed by atoms with van der Waals surface area (Å²) < 4.78 is 7.85. The maximum Gasteiger partial charge on any atom is 0.253 e. The number of fused-ring (bicyclic) bond motifs is 1. The number of benzene rings is 1. The maximum atomic E-state index is 12.8. The topological polar surface area (TPSA) is 58.9 Å². The van der Waals surface area contributed by atoms with Crippen LogP contribution >= 0.6 is 0 Å². The minimum absolute atomic E-state index is 0.0417. The Morgan fingerprint density at radius 1 is 1.26 bits per heavy atom. The molecule has 6 nitrogen and oxygen atoms in total. The molecule has 3 heterocycles. The Balaban J connectivity index is 1.43. The van der Waals surface area contributed by atoms with E-state index in [9.17, 15) is 4.79 Å². The zero-order chi connectivity index (χ0) is 18.6. The number of carbonyl (C=O) groups is 1. The third-order valence-electron chi connectivity index (χ3n) is 5.06. The lowest BCUT2D eigenvalue weighted by atomic mass is 10.0. The van der Waals surface area contributed by atoms with Gasteiger partial charge in [-0.05, 0) is 56.3 Å². The minimum atomic E-state index is 0.0417. The van der Waals surface area contributed by atoms with E-state index in [1.54, 1.807) is 0 Å². The van der Waals surface area contributed by atoms with E-state index in [1.807, 2.05) is 71.2 Å². The Morgan fingerprint density at radius 2 is 2.11 bits per heavy atom. The van der Waals surface area contributed by atoms with Crippen LogP contribution in [0.4, 0.5) is 0 Å². The summed E-state index contributed by atoms with van der Waals surface area (Å²) >= 11 is 0. The van der Waals surface area contributed by atoms with Crippen LogP contribution in [-0.4, -0.2) is 46.4 Å². The molecule has 140 valence electrons. The molecule has 1 saturated heterocycles.